The third kappa shape index (κ3) is 3.45. The van der Waals surface area contributed by atoms with Gasteiger partial charge in [0.15, 0.2) is 0 Å². The van der Waals surface area contributed by atoms with E-state index in [4.69, 9.17) is 27.6 Å². The van der Waals surface area contributed by atoms with E-state index in [9.17, 15) is 8.42 Å². The zero-order valence-electron chi connectivity index (χ0n) is 13.4. The van der Waals surface area contributed by atoms with Gasteiger partial charge in [0.1, 0.15) is 0 Å². The number of aromatic nitrogens is 1. The fourth-order valence-corrected chi connectivity index (χ4v) is 3.95. The molecule has 1 saturated carbocycles. The van der Waals surface area contributed by atoms with Crippen LogP contribution in [0.3, 0.4) is 0 Å². The predicted molar refractivity (Wildman–Crippen MR) is 100 cm³/mol. The van der Waals surface area contributed by atoms with E-state index in [0.29, 0.717) is 15.6 Å². The number of hydrogen-bond donors (Lipinski definition) is 1. The van der Waals surface area contributed by atoms with E-state index >= 15 is 0 Å². The van der Waals surface area contributed by atoms with Gasteiger partial charge in [-0.05, 0) is 61.4 Å². The van der Waals surface area contributed by atoms with Crippen LogP contribution in [0, 0.1) is 0 Å². The van der Waals surface area contributed by atoms with Crippen molar-refractivity contribution in [1.82, 2.24) is 4.98 Å². The lowest BCUT2D eigenvalue weighted by Crippen LogP contribution is -2.08. The molecule has 1 heterocycles. The van der Waals surface area contributed by atoms with Crippen molar-refractivity contribution in [3.63, 3.8) is 0 Å². The number of anilines is 1. The van der Waals surface area contributed by atoms with E-state index in [0.717, 1.165) is 12.8 Å². The predicted octanol–water partition coefficient (Wildman–Crippen LogP) is 5.06. The molecule has 0 unspecified atom stereocenters. The molecule has 1 aliphatic carbocycles. The molecule has 0 atom stereocenters. The Morgan fingerprint density at radius 1 is 0.962 bits per heavy atom. The number of nitrogens with one attached hydrogen (secondary N) is 1. The third-order valence-electron chi connectivity index (χ3n) is 3.98. The Hall–Kier alpha value is -2.02. The fourth-order valence-electron chi connectivity index (χ4n) is 2.43. The van der Waals surface area contributed by atoms with Crippen molar-refractivity contribution in [2.45, 2.75) is 28.8 Å². The minimum atomic E-state index is -3.85. The molecule has 0 radical (unpaired) electrons. The highest BCUT2D eigenvalue weighted by Crippen LogP contribution is 2.35. The zero-order valence-corrected chi connectivity index (χ0v) is 15.8. The monoisotopic (exact) mass is 408 g/mol. The molecule has 0 spiro atoms. The van der Waals surface area contributed by atoms with Gasteiger partial charge in [0.2, 0.25) is 26.6 Å². The van der Waals surface area contributed by atoms with E-state index in [1.54, 1.807) is 24.3 Å². The lowest BCUT2D eigenvalue weighted by Gasteiger charge is -2.04. The van der Waals surface area contributed by atoms with E-state index in [1.165, 1.54) is 24.3 Å². The molecule has 0 saturated heterocycles. The molecular formula is C18H14Cl2N2O3S. The summed E-state index contributed by atoms with van der Waals surface area (Å²) in [6.45, 7) is 0. The Balaban J connectivity index is 1.80. The van der Waals surface area contributed by atoms with Gasteiger partial charge >= 0.3 is 0 Å². The molecule has 5 nitrogen and oxygen atoms in total. The van der Waals surface area contributed by atoms with Gasteiger partial charge in [0.25, 0.3) is 0 Å². The van der Waals surface area contributed by atoms with Gasteiger partial charge in [0, 0.05) is 21.7 Å². The highest BCUT2D eigenvalue weighted by molar-refractivity contribution is 7.91. The van der Waals surface area contributed by atoms with Crippen LogP contribution < -0.4 is 5.32 Å². The minimum absolute atomic E-state index is 0.108. The number of sulfone groups is 1. The topological polar surface area (TPSA) is 72.2 Å². The first kappa shape index (κ1) is 17.4. The SMILES string of the molecule is O=S(=O)(c1ccc(Cl)cc1)c1nc(-c2ccc(Cl)cc2)oc1NC1CC1. The molecule has 1 fully saturated rings. The van der Waals surface area contributed by atoms with Crippen molar-refractivity contribution in [3.8, 4) is 11.5 Å². The van der Waals surface area contributed by atoms with Crippen molar-refractivity contribution < 1.29 is 12.8 Å². The van der Waals surface area contributed by atoms with Crippen LogP contribution in [0.25, 0.3) is 11.5 Å². The van der Waals surface area contributed by atoms with Crippen LogP contribution in [0.4, 0.5) is 5.88 Å². The normalized spacial score (nSPS) is 14.4. The second-order valence-corrected chi connectivity index (χ2v) is 8.77. The number of halogens is 2. The summed E-state index contributed by atoms with van der Waals surface area (Å²) in [4.78, 5) is 4.38. The fraction of sp³-hybridized carbons (Fsp3) is 0.167. The number of oxazole rings is 1. The van der Waals surface area contributed by atoms with Crippen LogP contribution in [0.5, 0.6) is 0 Å². The van der Waals surface area contributed by atoms with Crippen LogP contribution in [-0.4, -0.2) is 19.4 Å². The quantitative estimate of drug-likeness (QED) is 0.638. The molecule has 1 N–H and O–H groups in total. The van der Waals surface area contributed by atoms with Crippen molar-refractivity contribution in [3.05, 3.63) is 58.6 Å². The van der Waals surface area contributed by atoms with Gasteiger partial charge in [-0.25, -0.2) is 8.42 Å². The first-order valence-corrected chi connectivity index (χ1v) is 10.2. The van der Waals surface area contributed by atoms with Gasteiger partial charge in [0.05, 0.1) is 4.90 Å². The molecule has 1 aromatic heterocycles. The molecule has 0 amide bonds. The maximum Gasteiger partial charge on any atom is 0.234 e. The zero-order chi connectivity index (χ0) is 18.3. The average molecular weight is 409 g/mol. The summed E-state index contributed by atoms with van der Waals surface area (Å²) in [6, 6.07) is 13.0. The molecule has 26 heavy (non-hydrogen) atoms. The van der Waals surface area contributed by atoms with E-state index in [1.807, 2.05) is 0 Å². The summed E-state index contributed by atoms with van der Waals surface area (Å²) in [7, 11) is -3.85. The van der Waals surface area contributed by atoms with Crippen LogP contribution in [-0.2, 0) is 9.84 Å². The lowest BCUT2D eigenvalue weighted by atomic mass is 10.2. The highest BCUT2D eigenvalue weighted by atomic mass is 35.5. The summed E-state index contributed by atoms with van der Waals surface area (Å²) >= 11 is 11.8. The first-order chi connectivity index (χ1) is 12.4. The van der Waals surface area contributed by atoms with Crippen LogP contribution in [0.15, 0.2) is 62.9 Å². The molecule has 3 aromatic rings. The Bertz CT molecular complexity index is 1040. The number of rotatable bonds is 5. The third-order valence-corrected chi connectivity index (χ3v) is 6.16. The Morgan fingerprint density at radius 2 is 1.54 bits per heavy atom. The number of nitrogens with zero attached hydrogens (tertiary/aromatic N) is 1. The maximum atomic E-state index is 13.0. The van der Waals surface area contributed by atoms with Crippen LogP contribution >= 0.6 is 23.2 Å². The van der Waals surface area contributed by atoms with E-state index in [2.05, 4.69) is 10.3 Å². The van der Waals surface area contributed by atoms with Gasteiger partial charge in [-0.2, -0.15) is 4.98 Å². The maximum absolute atomic E-state index is 13.0. The standard InChI is InChI=1S/C18H14Cl2N2O3S/c19-12-3-1-11(2-4-12)16-22-18(17(25-16)21-14-7-8-14)26(23,24)15-9-5-13(20)6-10-15/h1-6,9-10,14,21H,7-8H2. The minimum Gasteiger partial charge on any atom is -0.419 e. The lowest BCUT2D eigenvalue weighted by molar-refractivity contribution is 0.576. The molecular weight excluding hydrogens is 395 g/mol. The summed E-state index contributed by atoms with van der Waals surface area (Å²) in [5, 5.41) is 4.02. The van der Waals surface area contributed by atoms with Gasteiger partial charge in [-0.15, -0.1) is 0 Å². The van der Waals surface area contributed by atoms with E-state index in [-0.39, 0.29) is 27.7 Å². The molecule has 0 bridgehead atoms. The number of hydrogen-bond acceptors (Lipinski definition) is 5. The highest BCUT2D eigenvalue weighted by Gasteiger charge is 2.32. The summed E-state index contributed by atoms with van der Waals surface area (Å²) in [5.41, 5.74) is 0.644. The van der Waals surface area contributed by atoms with Gasteiger partial charge in [-0.1, -0.05) is 23.2 Å². The summed E-state index contributed by atoms with van der Waals surface area (Å²) in [5.74, 6) is 0.379. The Labute approximate surface area is 160 Å². The number of benzene rings is 2. The average Bonchev–Trinajstić information content (AvgIpc) is 3.32. The second kappa shape index (κ2) is 6.61. The second-order valence-electron chi connectivity index (χ2n) is 6.04. The van der Waals surface area contributed by atoms with Crippen molar-refractivity contribution >= 4 is 38.9 Å². The van der Waals surface area contributed by atoms with Crippen molar-refractivity contribution in [2.24, 2.45) is 0 Å². The van der Waals surface area contributed by atoms with Gasteiger partial charge < -0.3 is 9.73 Å². The molecule has 8 heteroatoms. The molecule has 1 aliphatic rings. The Kier molecular flexibility index (Phi) is 4.42. The van der Waals surface area contributed by atoms with Gasteiger partial charge in [-0.3, -0.25) is 0 Å². The van der Waals surface area contributed by atoms with Crippen molar-refractivity contribution in [2.75, 3.05) is 5.32 Å². The van der Waals surface area contributed by atoms with Crippen LogP contribution in [0.2, 0.25) is 10.0 Å². The molecule has 2 aromatic carbocycles. The smallest absolute Gasteiger partial charge is 0.234 e. The molecule has 134 valence electrons. The summed E-state index contributed by atoms with van der Waals surface area (Å²) < 4.78 is 31.8. The van der Waals surface area contributed by atoms with Crippen LogP contribution in [0.1, 0.15) is 12.8 Å². The Morgan fingerprint density at radius 3 is 2.12 bits per heavy atom. The van der Waals surface area contributed by atoms with Crippen molar-refractivity contribution in [1.29, 1.82) is 0 Å². The largest absolute Gasteiger partial charge is 0.419 e. The molecule has 0 aliphatic heterocycles. The summed E-state index contributed by atoms with van der Waals surface area (Å²) in [6.07, 6.45) is 1.94. The molecule has 4 rings (SSSR count). The first-order valence-electron chi connectivity index (χ1n) is 7.97. The van der Waals surface area contributed by atoms with E-state index < -0.39 is 9.84 Å².